The van der Waals surface area contributed by atoms with E-state index in [1.165, 1.54) is 17.9 Å². The molecular formula is C28H29N4O8P. The van der Waals surface area contributed by atoms with E-state index in [-0.39, 0.29) is 18.8 Å². The first-order chi connectivity index (χ1) is 19.7. The number of carbonyl (C=O) groups is 1. The van der Waals surface area contributed by atoms with E-state index in [4.69, 9.17) is 18.5 Å². The lowest BCUT2D eigenvalue weighted by Crippen LogP contribution is -2.39. The molecule has 3 heterocycles. The van der Waals surface area contributed by atoms with Gasteiger partial charge in [-0.3, -0.25) is 23.7 Å². The Kier molecular flexibility index (Phi) is 8.36. The van der Waals surface area contributed by atoms with Crippen LogP contribution in [0.15, 0.2) is 88.7 Å². The summed E-state index contributed by atoms with van der Waals surface area (Å²) in [6.07, 6.45) is 5.07. The van der Waals surface area contributed by atoms with Gasteiger partial charge in [-0.2, -0.15) is 5.09 Å². The number of rotatable bonds is 11. The van der Waals surface area contributed by atoms with Crippen molar-refractivity contribution in [3.05, 3.63) is 111 Å². The first kappa shape index (κ1) is 28.3. The number of aromatic nitrogens is 3. The highest BCUT2D eigenvalue weighted by atomic mass is 31.2. The van der Waals surface area contributed by atoms with E-state index in [1.807, 2.05) is 24.3 Å². The maximum Gasteiger partial charge on any atom is 0.459 e. The molecule has 0 amide bonds. The van der Waals surface area contributed by atoms with Crippen LogP contribution >= 0.6 is 7.75 Å². The molecule has 41 heavy (non-hydrogen) atoms. The molecule has 0 radical (unpaired) electrons. The molecule has 0 aliphatic carbocycles. The normalized spacial score (nSPS) is 18.7. The molecule has 5 rings (SSSR count). The Morgan fingerprint density at radius 1 is 1.12 bits per heavy atom. The van der Waals surface area contributed by atoms with Gasteiger partial charge in [-0.1, -0.05) is 42.5 Å². The minimum atomic E-state index is -4.20. The molecule has 2 unspecified atom stereocenters. The van der Waals surface area contributed by atoms with Crippen LogP contribution in [0.4, 0.5) is 0 Å². The van der Waals surface area contributed by atoms with E-state index >= 15 is 0 Å². The minimum absolute atomic E-state index is 0.137. The molecule has 4 atom stereocenters. The van der Waals surface area contributed by atoms with Gasteiger partial charge >= 0.3 is 19.4 Å². The van der Waals surface area contributed by atoms with Crippen molar-refractivity contribution in [1.29, 1.82) is 0 Å². The number of ether oxygens (including phenoxy) is 2. The van der Waals surface area contributed by atoms with Crippen LogP contribution in [0.3, 0.4) is 0 Å². The molecule has 0 saturated heterocycles. The Morgan fingerprint density at radius 3 is 2.66 bits per heavy atom. The number of benzene rings is 2. The number of nitrogens with one attached hydrogen (secondary N) is 3. The molecule has 1 aliphatic heterocycles. The SMILES string of the molecule is COC(=O)C(Cc1c[nH]c2ccccc12)NP(=O)(OC[C@@H]1C=C[C@H](n2cc(C)c(=O)[nH]c2=O)O1)Oc1ccccc1. The number of hydrogen-bond acceptors (Lipinski definition) is 8. The van der Waals surface area contributed by atoms with E-state index in [0.29, 0.717) is 5.56 Å². The van der Waals surface area contributed by atoms with Crippen LogP contribution in [0, 0.1) is 6.92 Å². The summed E-state index contributed by atoms with van der Waals surface area (Å²) < 4.78 is 37.8. The Bertz CT molecular complexity index is 1730. The van der Waals surface area contributed by atoms with Gasteiger partial charge in [0.05, 0.1) is 13.7 Å². The second-order valence-corrected chi connectivity index (χ2v) is 11.1. The first-order valence-corrected chi connectivity index (χ1v) is 14.3. The number of aromatic amines is 2. The summed E-state index contributed by atoms with van der Waals surface area (Å²) in [4.78, 5) is 42.2. The molecule has 0 bridgehead atoms. The van der Waals surface area contributed by atoms with Gasteiger partial charge in [0.25, 0.3) is 5.56 Å². The van der Waals surface area contributed by atoms with Crippen molar-refractivity contribution in [2.75, 3.05) is 13.7 Å². The molecule has 0 saturated carbocycles. The number of nitrogens with zero attached hydrogens (tertiary/aromatic N) is 1. The van der Waals surface area contributed by atoms with Crippen LogP contribution < -0.4 is 20.9 Å². The minimum Gasteiger partial charge on any atom is -0.468 e. The summed E-state index contributed by atoms with van der Waals surface area (Å²) in [5.41, 5.74) is 0.931. The van der Waals surface area contributed by atoms with Crippen molar-refractivity contribution >= 4 is 24.6 Å². The average molecular weight is 581 g/mol. The molecular weight excluding hydrogens is 551 g/mol. The zero-order valence-corrected chi connectivity index (χ0v) is 23.2. The standard InChI is InChI=1S/C28H29N4O8P/c1-18-16-32(28(35)30-26(18)33)25-13-12-21(39-25)17-38-41(36,40-20-8-4-3-5-9-20)31-24(27(34)37-2)14-19-15-29-23-11-7-6-10-22(19)23/h3-13,15-16,21,24-25,29H,14,17H2,1-2H3,(H,31,36)(H,30,33,35)/t21-,24?,25+,41?/m0/s1. The Balaban J connectivity index is 1.34. The smallest absolute Gasteiger partial charge is 0.459 e. The lowest BCUT2D eigenvalue weighted by Gasteiger charge is -2.25. The number of carbonyl (C=O) groups excluding carboxylic acids is 1. The highest BCUT2D eigenvalue weighted by molar-refractivity contribution is 7.52. The van der Waals surface area contributed by atoms with Crippen molar-refractivity contribution < 1.29 is 27.9 Å². The Morgan fingerprint density at radius 2 is 1.88 bits per heavy atom. The van der Waals surface area contributed by atoms with Crippen LogP contribution in [0.2, 0.25) is 0 Å². The summed E-state index contributed by atoms with van der Waals surface area (Å²) in [5.74, 6) is -0.393. The highest BCUT2D eigenvalue weighted by Gasteiger charge is 2.36. The van der Waals surface area contributed by atoms with Gasteiger partial charge in [0.15, 0.2) is 6.23 Å². The summed E-state index contributed by atoms with van der Waals surface area (Å²) in [7, 11) is -2.96. The summed E-state index contributed by atoms with van der Waals surface area (Å²) in [6.45, 7) is 1.34. The van der Waals surface area contributed by atoms with Crippen LogP contribution in [0.25, 0.3) is 10.9 Å². The van der Waals surface area contributed by atoms with Crippen molar-refractivity contribution in [2.45, 2.75) is 31.7 Å². The molecule has 2 aromatic heterocycles. The third kappa shape index (κ3) is 6.58. The predicted octanol–water partition coefficient (Wildman–Crippen LogP) is 3.36. The Labute approximate surface area is 234 Å². The summed E-state index contributed by atoms with van der Waals surface area (Å²) in [6, 6.07) is 14.9. The van der Waals surface area contributed by atoms with E-state index in [0.717, 1.165) is 16.5 Å². The maximum absolute atomic E-state index is 14.1. The molecule has 214 valence electrons. The third-order valence-corrected chi connectivity index (χ3v) is 8.07. The molecule has 0 spiro atoms. The predicted molar refractivity (Wildman–Crippen MR) is 151 cm³/mol. The van der Waals surface area contributed by atoms with Gasteiger partial charge in [-0.25, -0.2) is 9.36 Å². The van der Waals surface area contributed by atoms with Crippen molar-refractivity contribution in [2.24, 2.45) is 0 Å². The fraction of sp³-hybridized carbons (Fsp3) is 0.250. The number of para-hydroxylation sites is 2. The number of fused-ring (bicyclic) bond motifs is 1. The number of methoxy groups -OCH3 is 1. The fourth-order valence-electron chi connectivity index (χ4n) is 4.43. The highest BCUT2D eigenvalue weighted by Crippen LogP contribution is 2.46. The number of hydrogen-bond donors (Lipinski definition) is 3. The lowest BCUT2D eigenvalue weighted by atomic mass is 10.1. The lowest BCUT2D eigenvalue weighted by molar-refractivity contribution is -0.142. The zero-order chi connectivity index (χ0) is 29.0. The van der Waals surface area contributed by atoms with Gasteiger partial charge < -0.3 is 19.0 Å². The molecule has 2 aromatic carbocycles. The topological polar surface area (TPSA) is 154 Å². The monoisotopic (exact) mass is 580 g/mol. The zero-order valence-electron chi connectivity index (χ0n) is 22.3. The van der Waals surface area contributed by atoms with Crippen LogP contribution in [-0.4, -0.2) is 46.4 Å². The van der Waals surface area contributed by atoms with Crippen molar-refractivity contribution in [3.8, 4) is 5.75 Å². The molecule has 3 N–H and O–H groups in total. The summed E-state index contributed by atoms with van der Waals surface area (Å²) >= 11 is 0. The average Bonchev–Trinajstić information content (AvgIpc) is 3.61. The molecule has 4 aromatic rings. The molecule has 1 aliphatic rings. The molecule has 0 fully saturated rings. The second-order valence-electron chi connectivity index (χ2n) is 9.39. The second kappa shape index (κ2) is 12.1. The fourth-order valence-corrected chi connectivity index (χ4v) is 5.93. The number of H-pyrrole nitrogens is 2. The van der Waals surface area contributed by atoms with E-state index < -0.39 is 43.3 Å². The third-order valence-electron chi connectivity index (χ3n) is 6.50. The maximum atomic E-state index is 14.1. The van der Waals surface area contributed by atoms with Crippen LogP contribution in [0.1, 0.15) is 17.4 Å². The van der Waals surface area contributed by atoms with Crippen molar-refractivity contribution in [1.82, 2.24) is 19.6 Å². The molecule has 12 nitrogen and oxygen atoms in total. The van der Waals surface area contributed by atoms with E-state index in [2.05, 4.69) is 15.1 Å². The number of aryl methyl sites for hydroxylation is 1. The van der Waals surface area contributed by atoms with Gasteiger partial charge in [0, 0.05) is 35.3 Å². The van der Waals surface area contributed by atoms with Gasteiger partial charge in [0.2, 0.25) is 0 Å². The van der Waals surface area contributed by atoms with E-state index in [9.17, 15) is 18.9 Å². The van der Waals surface area contributed by atoms with Gasteiger partial charge in [0.1, 0.15) is 17.9 Å². The van der Waals surface area contributed by atoms with Crippen molar-refractivity contribution in [3.63, 3.8) is 0 Å². The first-order valence-electron chi connectivity index (χ1n) is 12.8. The number of esters is 1. The molecule has 13 heteroatoms. The quantitative estimate of drug-likeness (QED) is 0.138. The van der Waals surface area contributed by atoms with Crippen LogP contribution in [-0.2, 0) is 29.8 Å². The largest absolute Gasteiger partial charge is 0.468 e. The Hall–Kier alpha value is -4.22. The van der Waals surface area contributed by atoms with Gasteiger partial charge in [-0.15, -0.1) is 0 Å². The van der Waals surface area contributed by atoms with Crippen LogP contribution in [0.5, 0.6) is 5.75 Å². The van der Waals surface area contributed by atoms with Gasteiger partial charge in [-0.05, 0) is 36.8 Å². The summed E-state index contributed by atoms with van der Waals surface area (Å²) in [5, 5.41) is 3.68. The van der Waals surface area contributed by atoms with E-state index in [1.54, 1.807) is 55.6 Å².